The summed E-state index contributed by atoms with van der Waals surface area (Å²) in [6, 6.07) is 4.60. The van der Waals surface area contributed by atoms with E-state index in [1.54, 1.807) is 0 Å². The van der Waals surface area contributed by atoms with Gasteiger partial charge in [0.05, 0.1) is 12.7 Å². The van der Waals surface area contributed by atoms with E-state index in [4.69, 9.17) is 4.42 Å². The number of rotatable bonds is 4. The highest BCUT2D eigenvalue weighted by molar-refractivity contribution is 5.88. The van der Waals surface area contributed by atoms with Gasteiger partial charge in [0.25, 0.3) is 0 Å². The predicted molar refractivity (Wildman–Crippen MR) is 72.3 cm³/mol. The molecule has 0 radical (unpaired) electrons. The normalized spacial score (nSPS) is 11.5. The minimum Gasteiger partial charge on any atom is -0.464 e. The second kappa shape index (κ2) is 6.21. The monoisotopic (exact) mass is 313 g/mol. The summed E-state index contributed by atoms with van der Waals surface area (Å²) < 4.78 is 48.3. The molecule has 0 aliphatic carbocycles. The van der Waals surface area contributed by atoms with Gasteiger partial charge < -0.3 is 9.15 Å². The number of benzene rings is 1. The second-order valence-electron chi connectivity index (χ2n) is 4.61. The van der Waals surface area contributed by atoms with Crippen LogP contribution in [0.25, 0.3) is 11.5 Å². The third-order valence-electron chi connectivity index (χ3n) is 2.99. The second-order valence-corrected chi connectivity index (χ2v) is 4.61. The number of nitrogens with zero attached hydrogens (tertiary/aromatic N) is 1. The Labute approximate surface area is 124 Å². The molecule has 0 aliphatic heterocycles. The lowest BCUT2D eigenvalue weighted by Gasteiger charge is -2.06. The maximum atomic E-state index is 12.7. The summed E-state index contributed by atoms with van der Waals surface area (Å²) in [7, 11) is 1.21. The first-order valence-electron chi connectivity index (χ1n) is 6.62. The van der Waals surface area contributed by atoms with Crippen molar-refractivity contribution in [2.24, 2.45) is 0 Å². The van der Waals surface area contributed by atoms with Crippen molar-refractivity contribution in [1.82, 2.24) is 4.98 Å². The first-order valence-corrected chi connectivity index (χ1v) is 6.62. The fraction of sp³-hybridized carbons (Fsp3) is 0.333. The molecule has 1 heterocycles. The maximum Gasteiger partial charge on any atom is 0.416 e. The topological polar surface area (TPSA) is 52.3 Å². The molecule has 0 atom stereocenters. The molecule has 22 heavy (non-hydrogen) atoms. The van der Waals surface area contributed by atoms with Crippen molar-refractivity contribution < 1.29 is 27.1 Å². The zero-order valence-corrected chi connectivity index (χ0v) is 12.0. The quantitative estimate of drug-likeness (QED) is 0.797. The Morgan fingerprint density at radius 3 is 2.68 bits per heavy atom. The van der Waals surface area contributed by atoms with Crippen LogP contribution in [0.2, 0.25) is 0 Å². The van der Waals surface area contributed by atoms with Gasteiger partial charge in [0, 0.05) is 12.0 Å². The fourth-order valence-electron chi connectivity index (χ4n) is 1.96. The van der Waals surface area contributed by atoms with Gasteiger partial charge in [-0.3, -0.25) is 0 Å². The van der Waals surface area contributed by atoms with E-state index in [9.17, 15) is 18.0 Å². The number of esters is 1. The van der Waals surface area contributed by atoms with Gasteiger partial charge in [-0.15, -0.1) is 0 Å². The van der Waals surface area contributed by atoms with Crippen LogP contribution in [0.3, 0.4) is 0 Å². The van der Waals surface area contributed by atoms with Crippen LogP contribution in [-0.4, -0.2) is 18.1 Å². The molecule has 0 saturated heterocycles. The molecule has 118 valence electrons. The number of alkyl halides is 3. The summed E-state index contributed by atoms with van der Waals surface area (Å²) in [6.07, 6.45) is -3.32. The molecule has 7 heteroatoms. The van der Waals surface area contributed by atoms with Crippen molar-refractivity contribution in [2.75, 3.05) is 7.11 Å². The molecular weight excluding hydrogens is 299 g/mol. The summed E-state index contributed by atoms with van der Waals surface area (Å²) in [5.74, 6) is -0.401. The highest BCUT2D eigenvalue weighted by atomic mass is 19.4. The highest BCUT2D eigenvalue weighted by Crippen LogP contribution is 2.32. The lowest BCUT2D eigenvalue weighted by Crippen LogP contribution is -2.05. The Morgan fingerprint density at radius 1 is 1.36 bits per heavy atom. The Morgan fingerprint density at radius 2 is 2.09 bits per heavy atom. The van der Waals surface area contributed by atoms with Gasteiger partial charge in [-0.05, 0) is 24.6 Å². The van der Waals surface area contributed by atoms with Crippen LogP contribution in [0.5, 0.6) is 0 Å². The zero-order chi connectivity index (χ0) is 16.3. The molecule has 0 bridgehead atoms. The number of aromatic nitrogens is 1. The van der Waals surface area contributed by atoms with E-state index in [2.05, 4.69) is 9.72 Å². The van der Waals surface area contributed by atoms with Crippen molar-refractivity contribution in [3.63, 3.8) is 0 Å². The first-order chi connectivity index (χ1) is 10.4. The Kier molecular flexibility index (Phi) is 4.54. The number of carbonyl (C=O) groups excluding carboxylic acids is 1. The third kappa shape index (κ3) is 3.29. The minimum absolute atomic E-state index is 0.00300. The molecular formula is C15H14F3NO3. The number of carbonyl (C=O) groups is 1. The number of oxazole rings is 1. The van der Waals surface area contributed by atoms with Gasteiger partial charge in [0.1, 0.15) is 5.76 Å². The van der Waals surface area contributed by atoms with E-state index in [0.717, 1.165) is 12.1 Å². The Balaban J connectivity index is 2.47. The summed E-state index contributed by atoms with van der Waals surface area (Å²) in [5.41, 5.74) is -0.654. The molecule has 2 rings (SSSR count). The molecule has 2 aromatic rings. The summed E-state index contributed by atoms with van der Waals surface area (Å²) in [4.78, 5) is 15.6. The molecule has 1 aromatic heterocycles. The van der Waals surface area contributed by atoms with Crippen LogP contribution in [0.4, 0.5) is 13.2 Å². The van der Waals surface area contributed by atoms with E-state index >= 15 is 0 Å². The Hall–Kier alpha value is -2.31. The maximum absolute atomic E-state index is 12.7. The average molecular weight is 313 g/mol. The summed E-state index contributed by atoms with van der Waals surface area (Å²) in [6.45, 7) is 1.88. The van der Waals surface area contributed by atoms with Gasteiger partial charge in [-0.25, -0.2) is 9.78 Å². The van der Waals surface area contributed by atoms with Crippen LogP contribution in [0.15, 0.2) is 28.7 Å². The number of hydrogen-bond donors (Lipinski definition) is 0. The van der Waals surface area contributed by atoms with Crippen LogP contribution in [0.1, 0.15) is 35.2 Å². The molecule has 1 aromatic carbocycles. The lowest BCUT2D eigenvalue weighted by atomic mass is 10.1. The number of methoxy groups -OCH3 is 1. The van der Waals surface area contributed by atoms with Crippen molar-refractivity contribution in [2.45, 2.75) is 25.9 Å². The van der Waals surface area contributed by atoms with Gasteiger partial charge in [-0.2, -0.15) is 13.2 Å². The van der Waals surface area contributed by atoms with Crippen molar-refractivity contribution in [1.29, 1.82) is 0 Å². The van der Waals surface area contributed by atoms with E-state index in [1.807, 2.05) is 6.92 Å². The molecule has 0 spiro atoms. The lowest BCUT2D eigenvalue weighted by molar-refractivity contribution is -0.137. The third-order valence-corrected chi connectivity index (χ3v) is 2.99. The number of aryl methyl sites for hydroxylation is 1. The largest absolute Gasteiger partial charge is 0.464 e. The number of hydrogen-bond acceptors (Lipinski definition) is 4. The smallest absolute Gasteiger partial charge is 0.416 e. The van der Waals surface area contributed by atoms with Crippen molar-refractivity contribution in [3.05, 3.63) is 41.3 Å². The van der Waals surface area contributed by atoms with Gasteiger partial charge in [0.15, 0.2) is 5.69 Å². The molecule has 4 nitrogen and oxygen atoms in total. The van der Waals surface area contributed by atoms with E-state index < -0.39 is 17.7 Å². The number of halogens is 3. The molecule has 0 unspecified atom stereocenters. The minimum atomic E-state index is -4.46. The fourth-order valence-corrected chi connectivity index (χ4v) is 1.96. The standard InChI is InChI=1S/C15H14F3NO3/c1-3-5-11-12(14(20)21-2)19-13(22-11)9-6-4-7-10(8-9)15(16,17)18/h4,6-8H,3,5H2,1-2H3. The molecule has 0 amide bonds. The van der Waals surface area contributed by atoms with Gasteiger partial charge >= 0.3 is 12.1 Å². The van der Waals surface area contributed by atoms with Gasteiger partial charge in [-0.1, -0.05) is 13.0 Å². The van der Waals surface area contributed by atoms with Crippen LogP contribution in [0, 0.1) is 0 Å². The highest BCUT2D eigenvalue weighted by Gasteiger charge is 2.31. The first kappa shape index (κ1) is 16.1. The predicted octanol–water partition coefficient (Wildman–Crippen LogP) is 4.10. The molecule has 0 aliphatic rings. The number of ether oxygens (including phenoxy) is 1. The Bertz CT molecular complexity index is 677. The molecule has 0 saturated carbocycles. The van der Waals surface area contributed by atoms with E-state index in [-0.39, 0.29) is 17.1 Å². The van der Waals surface area contributed by atoms with Crippen LogP contribution >= 0.6 is 0 Å². The summed E-state index contributed by atoms with van der Waals surface area (Å²) in [5, 5.41) is 0. The zero-order valence-electron chi connectivity index (χ0n) is 12.0. The van der Waals surface area contributed by atoms with Crippen LogP contribution < -0.4 is 0 Å². The van der Waals surface area contributed by atoms with Crippen LogP contribution in [-0.2, 0) is 17.3 Å². The van der Waals surface area contributed by atoms with E-state index in [0.29, 0.717) is 18.6 Å². The SMILES string of the molecule is CCCc1oc(-c2cccc(C(F)(F)F)c2)nc1C(=O)OC. The van der Waals surface area contributed by atoms with Gasteiger partial charge in [0.2, 0.25) is 5.89 Å². The summed E-state index contributed by atoms with van der Waals surface area (Å²) >= 11 is 0. The average Bonchev–Trinajstić information content (AvgIpc) is 2.90. The molecule has 0 fully saturated rings. The van der Waals surface area contributed by atoms with Crippen molar-refractivity contribution in [3.8, 4) is 11.5 Å². The van der Waals surface area contributed by atoms with Crippen molar-refractivity contribution >= 4 is 5.97 Å². The van der Waals surface area contributed by atoms with E-state index in [1.165, 1.54) is 19.2 Å². The molecule has 0 N–H and O–H groups in total.